The maximum atomic E-state index is 12.1. The number of hydrazone groups is 1. The molecule has 4 N–H and O–H groups in total. The van der Waals surface area contributed by atoms with Crippen molar-refractivity contribution in [1.29, 1.82) is 0 Å². The molecule has 27 heavy (non-hydrogen) atoms. The lowest BCUT2D eigenvalue weighted by atomic mass is 9.99. The van der Waals surface area contributed by atoms with Gasteiger partial charge in [-0.05, 0) is 37.8 Å². The Labute approximate surface area is 170 Å². The first-order chi connectivity index (χ1) is 13.0. The molecule has 11 heteroatoms. The maximum absolute atomic E-state index is 12.1. The second kappa shape index (κ2) is 9.29. The molecule has 1 aromatic carbocycles. The molecule has 0 spiro atoms. The van der Waals surface area contributed by atoms with Gasteiger partial charge in [0.2, 0.25) is 11.1 Å². The maximum Gasteiger partial charge on any atom is 0.264 e. The topological polar surface area (TPSA) is 110 Å². The predicted octanol–water partition coefficient (Wildman–Crippen LogP) is 3.76. The minimum atomic E-state index is -0.260. The lowest BCUT2D eigenvalue weighted by Gasteiger charge is -2.12. The first-order valence-electron chi connectivity index (χ1n) is 8.43. The van der Waals surface area contributed by atoms with Gasteiger partial charge in [0.05, 0.1) is 21.5 Å². The van der Waals surface area contributed by atoms with Gasteiger partial charge in [0.25, 0.3) is 5.95 Å². The minimum Gasteiger partial charge on any atom is -0.334 e. The van der Waals surface area contributed by atoms with E-state index in [-0.39, 0.29) is 11.7 Å². The number of nitrogens with zero attached hydrogens (tertiary/aromatic N) is 4. The molecule has 0 atom stereocenters. The Bertz CT molecular complexity index is 847. The fourth-order valence-electron chi connectivity index (χ4n) is 2.57. The molecule has 1 saturated carbocycles. The number of benzene rings is 1. The highest BCUT2D eigenvalue weighted by Gasteiger charge is 2.14. The van der Waals surface area contributed by atoms with E-state index in [0.717, 1.165) is 43.2 Å². The largest absolute Gasteiger partial charge is 0.334 e. The Kier molecular flexibility index (Phi) is 6.81. The second-order valence-corrected chi connectivity index (χ2v) is 7.69. The van der Waals surface area contributed by atoms with Gasteiger partial charge in [-0.3, -0.25) is 4.79 Å². The lowest BCUT2D eigenvalue weighted by molar-refractivity contribution is -0.113. The molecule has 1 aromatic heterocycles. The zero-order valence-corrected chi connectivity index (χ0v) is 16.7. The number of amides is 1. The third kappa shape index (κ3) is 5.27. The molecule has 0 unspecified atom stereocenters. The highest BCUT2D eigenvalue weighted by atomic mass is 35.5. The summed E-state index contributed by atoms with van der Waals surface area (Å²) >= 11 is 13.2. The fraction of sp³-hybridized carbons (Fsp3) is 0.375. The molecule has 1 aliphatic rings. The molecule has 1 fully saturated rings. The number of halogens is 2. The van der Waals surface area contributed by atoms with Crippen molar-refractivity contribution in [2.75, 3.05) is 22.3 Å². The Morgan fingerprint density at radius 2 is 2.04 bits per heavy atom. The normalized spacial score (nSPS) is 14.1. The van der Waals surface area contributed by atoms with E-state index >= 15 is 0 Å². The number of thioether (sulfide) groups is 1. The molecule has 1 amide bonds. The molecule has 1 aliphatic carbocycles. The first-order valence-corrected chi connectivity index (χ1v) is 10.2. The SMILES string of the molecule is Nn1c(NN=C2CCCCC2)nnc1SCC(=O)Nc1cccc(Cl)c1Cl. The number of nitrogens with two attached hydrogens (primary N) is 1. The molecule has 0 saturated heterocycles. The summed E-state index contributed by atoms with van der Waals surface area (Å²) in [5, 5.41) is 16.1. The van der Waals surface area contributed by atoms with E-state index in [1.807, 2.05) is 0 Å². The van der Waals surface area contributed by atoms with Gasteiger partial charge in [-0.15, -0.1) is 10.2 Å². The van der Waals surface area contributed by atoms with E-state index < -0.39 is 0 Å². The Morgan fingerprint density at radius 1 is 1.26 bits per heavy atom. The van der Waals surface area contributed by atoms with Crippen molar-refractivity contribution >= 4 is 58.2 Å². The van der Waals surface area contributed by atoms with Crippen molar-refractivity contribution in [3.8, 4) is 0 Å². The highest BCUT2D eigenvalue weighted by molar-refractivity contribution is 7.99. The van der Waals surface area contributed by atoms with Crippen LogP contribution in [0.2, 0.25) is 10.0 Å². The molecule has 3 rings (SSSR count). The van der Waals surface area contributed by atoms with Gasteiger partial charge in [0, 0.05) is 5.71 Å². The van der Waals surface area contributed by atoms with Crippen molar-refractivity contribution < 1.29 is 4.79 Å². The summed E-state index contributed by atoms with van der Waals surface area (Å²) in [7, 11) is 0. The Balaban J connectivity index is 1.54. The molecular formula is C16H19Cl2N7OS. The molecule has 8 nitrogen and oxygen atoms in total. The number of hydrogen-bond acceptors (Lipinski definition) is 7. The quantitative estimate of drug-likeness (QED) is 0.367. The van der Waals surface area contributed by atoms with Crippen molar-refractivity contribution in [3.63, 3.8) is 0 Å². The predicted molar refractivity (Wildman–Crippen MR) is 110 cm³/mol. The van der Waals surface area contributed by atoms with Gasteiger partial charge in [-0.1, -0.05) is 47.5 Å². The van der Waals surface area contributed by atoms with Crippen LogP contribution in [-0.2, 0) is 4.79 Å². The summed E-state index contributed by atoms with van der Waals surface area (Å²) in [5.41, 5.74) is 4.41. The average Bonchev–Trinajstić information content (AvgIpc) is 3.03. The summed E-state index contributed by atoms with van der Waals surface area (Å²) in [6.07, 6.45) is 5.53. The first kappa shape index (κ1) is 19.8. The molecular weight excluding hydrogens is 409 g/mol. The van der Waals surface area contributed by atoms with Crippen LogP contribution in [-0.4, -0.2) is 32.2 Å². The van der Waals surface area contributed by atoms with Crippen molar-refractivity contribution in [2.45, 2.75) is 37.3 Å². The summed E-state index contributed by atoms with van der Waals surface area (Å²) in [6.45, 7) is 0. The number of aromatic nitrogens is 3. The van der Waals surface area contributed by atoms with E-state index in [4.69, 9.17) is 29.0 Å². The van der Waals surface area contributed by atoms with Crippen LogP contribution in [0.4, 0.5) is 11.6 Å². The summed E-state index contributed by atoms with van der Waals surface area (Å²) < 4.78 is 1.27. The summed E-state index contributed by atoms with van der Waals surface area (Å²) in [4.78, 5) is 12.1. The number of anilines is 2. The summed E-state index contributed by atoms with van der Waals surface area (Å²) in [6, 6.07) is 5.03. The van der Waals surface area contributed by atoms with E-state index in [2.05, 4.69) is 26.0 Å². The van der Waals surface area contributed by atoms with Crippen LogP contribution >= 0.6 is 35.0 Å². The fourth-order valence-corrected chi connectivity index (χ4v) is 3.57. The zero-order valence-electron chi connectivity index (χ0n) is 14.4. The van der Waals surface area contributed by atoms with Crippen LogP contribution in [0.5, 0.6) is 0 Å². The van der Waals surface area contributed by atoms with Gasteiger partial charge in [-0.2, -0.15) is 5.10 Å². The van der Waals surface area contributed by atoms with Crippen LogP contribution in [0.3, 0.4) is 0 Å². The van der Waals surface area contributed by atoms with E-state index in [1.165, 1.54) is 11.1 Å². The monoisotopic (exact) mass is 427 g/mol. The number of nitrogen functional groups attached to an aromatic ring is 1. The standard InChI is InChI=1S/C16H19Cl2N7OS/c17-11-7-4-8-12(14(11)18)20-13(26)9-27-16-24-23-15(25(16)19)22-21-10-5-2-1-3-6-10/h4,7-8H,1-3,5-6,9,19H2,(H,20,26)(H,22,23). The highest BCUT2D eigenvalue weighted by Crippen LogP contribution is 2.29. The minimum absolute atomic E-state index is 0.0900. The van der Waals surface area contributed by atoms with Crippen molar-refractivity contribution in [1.82, 2.24) is 14.9 Å². The molecule has 1 heterocycles. The number of rotatable bonds is 6. The van der Waals surface area contributed by atoms with Gasteiger partial charge in [0.1, 0.15) is 0 Å². The van der Waals surface area contributed by atoms with Crippen LogP contribution in [0, 0.1) is 0 Å². The molecule has 0 aliphatic heterocycles. The molecule has 2 aromatic rings. The number of carbonyl (C=O) groups is 1. The van der Waals surface area contributed by atoms with E-state index in [1.54, 1.807) is 18.2 Å². The third-order valence-electron chi connectivity index (χ3n) is 3.97. The van der Waals surface area contributed by atoms with Crippen LogP contribution in [0.15, 0.2) is 28.5 Å². The van der Waals surface area contributed by atoms with E-state index in [9.17, 15) is 4.79 Å². The van der Waals surface area contributed by atoms with Crippen LogP contribution < -0.4 is 16.6 Å². The number of carbonyl (C=O) groups excluding carboxylic acids is 1. The van der Waals surface area contributed by atoms with Crippen LogP contribution in [0.1, 0.15) is 32.1 Å². The second-order valence-electron chi connectivity index (χ2n) is 5.96. The molecule has 0 radical (unpaired) electrons. The third-order valence-corrected chi connectivity index (χ3v) is 5.73. The van der Waals surface area contributed by atoms with Gasteiger partial charge in [0.15, 0.2) is 0 Å². The Morgan fingerprint density at radius 3 is 2.81 bits per heavy atom. The molecule has 144 valence electrons. The molecule has 0 bridgehead atoms. The summed E-state index contributed by atoms with van der Waals surface area (Å²) in [5.74, 6) is 6.13. The van der Waals surface area contributed by atoms with Gasteiger partial charge < -0.3 is 11.2 Å². The van der Waals surface area contributed by atoms with Crippen LogP contribution in [0.25, 0.3) is 0 Å². The smallest absolute Gasteiger partial charge is 0.264 e. The van der Waals surface area contributed by atoms with E-state index in [0.29, 0.717) is 26.8 Å². The van der Waals surface area contributed by atoms with Gasteiger partial charge >= 0.3 is 0 Å². The van der Waals surface area contributed by atoms with Crippen molar-refractivity contribution in [2.24, 2.45) is 5.10 Å². The van der Waals surface area contributed by atoms with Crippen molar-refractivity contribution in [3.05, 3.63) is 28.2 Å². The zero-order chi connectivity index (χ0) is 19.2. The van der Waals surface area contributed by atoms with Gasteiger partial charge in [-0.25, -0.2) is 10.1 Å². The number of nitrogens with one attached hydrogen (secondary N) is 2. The lowest BCUT2D eigenvalue weighted by Crippen LogP contribution is -2.17. The number of hydrogen-bond donors (Lipinski definition) is 3. The Hall–Kier alpha value is -1.97. The average molecular weight is 428 g/mol.